The van der Waals surface area contributed by atoms with Crippen molar-refractivity contribution >= 4 is 0 Å². The van der Waals surface area contributed by atoms with Crippen LogP contribution in [-0.2, 0) is 0 Å². The molecule has 0 unspecified atom stereocenters. The maximum Gasteiger partial charge on any atom is -0.0590 e. The Morgan fingerprint density at radius 2 is 1.00 bits per heavy atom. The van der Waals surface area contributed by atoms with Crippen molar-refractivity contribution in [1.29, 1.82) is 0 Å². The molecule has 0 saturated heterocycles. The summed E-state index contributed by atoms with van der Waals surface area (Å²) < 4.78 is 0. The molecule has 0 saturated carbocycles. The lowest BCUT2D eigenvalue weighted by atomic mass is 10.6. The summed E-state index contributed by atoms with van der Waals surface area (Å²) in [6.07, 6.45) is 1.25. The standard InChI is InChI=1S/C3H8.C2H6.CH4.H2O/c1-3-2;1-2;;/h3H2,1-2H3;1-2H3;1H4;1H2. The van der Waals surface area contributed by atoms with E-state index in [0.29, 0.717) is 0 Å². The van der Waals surface area contributed by atoms with Crippen molar-refractivity contribution in [2.75, 3.05) is 0 Å². The largest absolute Gasteiger partial charge is 0.412 e. The zero-order chi connectivity index (χ0) is 4.71. The van der Waals surface area contributed by atoms with Crippen LogP contribution in [0.15, 0.2) is 0 Å². The SMILES string of the molecule is C.CC.CCC.O. The Kier molecular flexibility index (Phi) is 641. The summed E-state index contributed by atoms with van der Waals surface area (Å²) in [6, 6.07) is 0. The van der Waals surface area contributed by atoms with E-state index in [1.54, 1.807) is 0 Å². The van der Waals surface area contributed by atoms with Crippen LogP contribution in [0.4, 0.5) is 0 Å². The number of hydrogen-bond donors (Lipinski definition) is 0. The lowest BCUT2D eigenvalue weighted by molar-refractivity contribution is 0.824. The van der Waals surface area contributed by atoms with E-state index in [1.807, 2.05) is 13.8 Å². The molecule has 0 bridgehead atoms. The van der Waals surface area contributed by atoms with E-state index in [0.717, 1.165) is 0 Å². The van der Waals surface area contributed by atoms with Gasteiger partial charge >= 0.3 is 0 Å². The summed E-state index contributed by atoms with van der Waals surface area (Å²) >= 11 is 0. The van der Waals surface area contributed by atoms with Gasteiger partial charge in [0.2, 0.25) is 0 Å². The smallest absolute Gasteiger partial charge is 0.0590 e. The fourth-order valence-electron chi connectivity index (χ4n) is 0. The highest BCUT2D eigenvalue weighted by Crippen LogP contribution is 1.56. The van der Waals surface area contributed by atoms with Crippen molar-refractivity contribution in [1.82, 2.24) is 0 Å². The molecule has 0 aromatic carbocycles. The van der Waals surface area contributed by atoms with Gasteiger partial charge in [-0.05, 0) is 0 Å². The topological polar surface area (TPSA) is 31.5 Å². The molecule has 0 radical (unpaired) electrons. The predicted molar refractivity (Wildman–Crippen MR) is 37.7 cm³/mol. The minimum absolute atomic E-state index is 0. The van der Waals surface area contributed by atoms with Gasteiger partial charge < -0.3 is 5.48 Å². The summed E-state index contributed by atoms with van der Waals surface area (Å²) in [7, 11) is 0. The van der Waals surface area contributed by atoms with Crippen LogP contribution in [0.2, 0.25) is 0 Å². The molecule has 7 heavy (non-hydrogen) atoms. The Morgan fingerprint density at radius 1 is 1.00 bits per heavy atom. The van der Waals surface area contributed by atoms with Crippen molar-refractivity contribution in [3.63, 3.8) is 0 Å². The highest BCUT2D eigenvalue weighted by molar-refractivity contribution is 3.92. The van der Waals surface area contributed by atoms with Gasteiger partial charge in [-0.3, -0.25) is 0 Å². The molecule has 0 aromatic heterocycles. The van der Waals surface area contributed by atoms with Gasteiger partial charge in [-0.25, -0.2) is 0 Å². The molecule has 0 aromatic rings. The Bertz CT molecular complexity index is 4.14. The molecule has 2 N–H and O–H groups in total. The third-order valence-corrected chi connectivity index (χ3v) is 0. The predicted octanol–water partition coefficient (Wildman–Crippen LogP) is 2.25. The molecule has 0 fully saturated rings. The highest BCUT2D eigenvalue weighted by atomic mass is 16.0. The van der Waals surface area contributed by atoms with E-state index in [9.17, 15) is 0 Å². The molecule has 0 amide bonds. The fourth-order valence-corrected chi connectivity index (χ4v) is 0. The molecular weight excluding hydrogens is 88.1 g/mol. The van der Waals surface area contributed by atoms with E-state index in [1.165, 1.54) is 6.42 Å². The molecule has 0 heterocycles. The van der Waals surface area contributed by atoms with Crippen molar-refractivity contribution < 1.29 is 5.48 Å². The molecule has 0 aliphatic rings. The molecule has 0 aliphatic carbocycles. The second-order valence-electron chi connectivity index (χ2n) is 0.707. The number of hydrogen-bond acceptors (Lipinski definition) is 0. The van der Waals surface area contributed by atoms with Crippen molar-refractivity contribution in [2.24, 2.45) is 0 Å². The molecule has 50 valence electrons. The first kappa shape index (κ1) is 28.2. The molecule has 1 heteroatoms. The minimum atomic E-state index is 0. The van der Waals surface area contributed by atoms with Crippen LogP contribution in [0.3, 0.4) is 0 Å². The van der Waals surface area contributed by atoms with E-state index >= 15 is 0 Å². The molecule has 0 spiro atoms. The van der Waals surface area contributed by atoms with Crippen LogP contribution in [-0.4, -0.2) is 5.48 Å². The summed E-state index contributed by atoms with van der Waals surface area (Å²) in [5.74, 6) is 0. The Hall–Kier alpha value is -0.0400. The average Bonchev–Trinajstić information content (AvgIpc) is 1.46. The van der Waals surface area contributed by atoms with E-state index in [2.05, 4.69) is 13.8 Å². The minimum Gasteiger partial charge on any atom is -0.412 e. The first-order valence-corrected chi connectivity index (χ1v) is 2.41. The van der Waals surface area contributed by atoms with Crippen LogP contribution < -0.4 is 0 Å². The van der Waals surface area contributed by atoms with Crippen molar-refractivity contribution in [3.8, 4) is 0 Å². The molecule has 0 rings (SSSR count). The first-order chi connectivity index (χ1) is 2.41. The lowest BCUT2D eigenvalue weighted by Crippen LogP contribution is -1.27. The zero-order valence-corrected chi connectivity index (χ0v) is 5.21. The molecular formula is C6H20O. The lowest BCUT2D eigenvalue weighted by Gasteiger charge is -1.48. The average molecular weight is 108 g/mol. The quantitative estimate of drug-likeness (QED) is 0.456. The van der Waals surface area contributed by atoms with Gasteiger partial charge in [-0.1, -0.05) is 41.5 Å². The van der Waals surface area contributed by atoms with Crippen LogP contribution >= 0.6 is 0 Å². The summed E-state index contributed by atoms with van der Waals surface area (Å²) in [5, 5.41) is 0. The molecule has 0 atom stereocenters. The van der Waals surface area contributed by atoms with Gasteiger partial charge in [0.1, 0.15) is 0 Å². The van der Waals surface area contributed by atoms with Gasteiger partial charge in [-0.15, -0.1) is 0 Å². The van der Waals surface area contributed by atoms with E-state index in [-0.39, 0.29) is 12.9 Å². The maximum atomic E-state index is 2.12. The van der Waals surface area contributed by atoms with Crippen LogP contribution in [0.25, 0.3) is 0 Å². The van der Waals surface area contributed by atoms with Crippen molar-refractivity contribution in [3.05, 3.63) is 0 Å². The first-order valence-electron chi connectivity index (χ1n) is 2.41. The monoisotopic (exact) mass is 108 g/mol. The van der Waals surface area contributed by atoms with Crippen LogP contribution in [0.5, 0.6) is 0 Å². The highest BCUT2D eigenvalue weighted by Gasteiger charge is 1.35. The van der Waals surface area contributed by atoms with Gasteiger partial charge in [-0.2, -0.15) is 0 Å². The maximum absolute atomic E-state index is 2.12. The van der Waals surface area contributed by atoms with Crippen molar-refractivity contribution in [2.45, 2.75) is 41.5 Å². The molecule has 1 nitrogen and oxygen atoms in total. The Balaban J connectivity index is -0.0000000105. The Labute approximate surface area is 48.1 Å². The Morgan fingerprint density at radius 3 is 1.00 bits per heavy atom. The van der Waals surface area contributed by atoms with Crippen LogP contribution in [0, 0.1) is 0 Å². The second-order valence-corrected chi connectivity index (χ2v) is 0.707. The third kappa shape index (κ3) is 58400. The van der Waals surface area contributed by atoms with Gasteiger partial charge in [0.05, 0.1) is 0 Å². The molecule has 0 aliphatic heterocycles. The van der Waals surface area contributed by atoms with Gasteiger partial charge in [0.25, 0.3) is 0 Å². The summed E-state index contributed by atoms with van der Waals surface area (Å²) in [5.41, 5.74) is 0. The van der Waals surface area contributed by atoms with Gasteiger partial charge in [0.15, 0.2) is 0 Å². The number of rotatable bonds is 0. The van der Waals surface area contributed by atoms with E-state index < -0.39 is 0 Å². The summed E-state index contributed by atoms with van der Waals surface area (Å²) in [6.45, 7) is 8.25. The zero-order valence-electron chi connectivity index (χ0n) is 5.21. The summed E-state index contributed by atoms with van der Waals surface area (Å²) in [4.78, 5) is 0. The second kappa shape index (κ2) is 159. The third-order valence-electron chi connectivity index (χ3n) is 0. The van der Waals surface area contributed by atoms with Gasteiger partial charge in [0, 0.05) is 0 Å². The normalized spacial score (nSPS) is 3.43. The fraction of sp³-hybridized carbons (Fsp3) is 1.00. The van der Waals surface area contributed by atoms with Crippen LogP contribution in [0.1, 0.15) is 41.5 Å². The van der Waals surface area contributed by atoms with E-state index in [4.69, 9.17) is 0 Å².